The number of piperidine rings is 1. The Morgan fingerprint density at radius 3 is 2.81 bits per heavy atom. The second-order valence-electron chi connectivity index (χ2n) is 7.79. The largest absolute Gasteiger partial charge is 0.381 e. The van der Waals surface area contributed by atoms with E-state index < -0.39 is 0 Å². The second kappa shape index (κ2) is 6.54. The molecule has 0 bridgehead atoms. The van der Waals surface area contributed by atoms with Crippen LogP contribution < -0.4 is 5.56 Å². The average Bonchev–Trinajstić information content (AvgIpc) is 3.05. The summed E-state index contributed by atoms with van der Waals surface area (Å²) in [6, 6.07) is 9.44. The van der Waals surface area contributed by atoms with Crippen molar-refractivity contribution in [2.75, 3.05) is 20.2 Å². The lowest BCUT2D eigenvalue weighted by Gasteiger charge is -2.43. The van der Waals surface area contributed by atoms with E-state index in [9.17, 15) is 9.59 Å². The molecule has 2 heterocycles. The van der Waals surface area contributed by atoms with Crippen molar-refractivity contribution in [2.45, 2.75) is 38.2 Å². The lowest BCUT2D eigenvalue weighted by molar-refractivity contribution is -0.0295. The molecule has 5 nitrogen and oxygen atoms in total. The minimum absolute atomic E-state index is 0.0603. The highest BCUT2D eigenvalue weighted by molar-refractivity contribution is 5.97. The monoisotopic (exact) mass is 354 g/mol. The summed E-state index contributed by atoms with van der Waals surface area (Å²) in [4.78, 5) is 27.9. The molecule has 1 aromatic carbocycles. The fraction of sp³-hybridized carbons (Fsp3) is 0.524. The fourth-order valence-corrected chi connectivity index (χ4v) is 5.02. The Labute approximate surface area is 153 Å². The number of nitrogens with zero attached hydrogens (tertiary/aromatic N) is 2. The van der Waals surface area contributed by atoms with Crippen LogP contribution in [0.4, 0.5) is 0 Å². The second-order valence-corrected chi connectivity index (χ2v) is 7.79. The maximum Gasteiger partial charge on any atom is 0.263 e. The van der Waals surface area contributed by atoms with Crippen molar-refractivity contribution in [3.63, 3.8) is 0 Å². The summed E-state index contributed by atoms with van der Waals surface area (Å²) in [6.45, 7) is 1.41. The molecule has 1 saturated carbocycles. The molecule has 138 valence electrons. The van der Waals surface area contributed by atoms with E-state index in [0.29, 0.717) is 13.1 Å². The fourth-order valence-electron chi connectivity index (χ4n) is 5.02. The molecule has 4 rings (SSSR count). The number of likely N-dealkylation sites (tertiary alicyclic amines) is 1. The highest BCUT2D eigenvalue weighted by Crippen LogP contribution is 2.46. The molecule has 5 heteroatoms. The van der Waals surface area contributed by atoms with Gasteiger partial charge in [0.2, 0.25) is 0 Å². The number of para-hydroxylation sites is 1. The maximum atomic E-state index is 13.2. The predicted octanol–water partition coefficient (Wildman–Crippen LogP) is 2.96. The Hall–Kier alpha value is -2.14. The van der Waals surface area contributed by atoms with Crippen LogP contribution in [0.1, 0.15) is 42.5 Å². The van der Waals surface area contributed by atoms with Crippen LogP contribution in [-0.2, 0) is 11.8 Å². The molecule has 2 aliphatic rings. The van der Waals surface area contributed by atoms with E-state index in [4.69, 9.17) is 4.74 Å². The van der Waals surface area contributed by atoms with E-state index in [1.165, 1.54) is 0 Å². The summed E-state index contributed by atoms with van der Waals surface area (Å²) < 4.78 is 7.31. The molecular formula is C21H26N2O3. The van der Waals surface area contributed by atoms with E-state index in [-0.39, 0.29) is 28.5 Å². The van der Waals surface area contributed by atoms with Gasteiger partial charge in [-0.3, -0.25) is 9.59 Å². The number of benzene rings is 1. The van der Waals surface area contributed by atoms with Gasteiger partial charge in [0.05, 0.1) is 11.6 Å². The molecule has 1 saturated heterocycles. The van der Waals surface area contributed by atoms with Gasteiger partial charge in [0, 0.05) is 32.7 Å². The highest BCUT2D eigenvalue weighted by atomic mass is 16.5. The standard InChI is InChI=1S/C21H26N2O3/c1-22-17-8-4-3-7-15(17)13-16(19(22)24)20(25)23-12-6-11-21(14-23)10-5-9-18(21)26-2/h3-4,7-8,13,18H,5-6,9-12,14H2,1-2H3/t18-,21-/m1/s1. The summed E-state index contributed by atoms with van der Waals surface area (Å²) in [5, 5.41) is 0.917. The lowest BCUT2D eigenvalue weighted by Crippen LogP contribution is -2.50. The van der Waals surface area contributed by atoms with E-state index in [2.05, 4.69) is 0 Å². The molecule has 1 amide bonds. The van der Waals surface area contributed by atoms with Crippen molar-refractivity contribution < 1.29 is 9.53 Å². The highest BCUT2D eigenvalue weighted by Gasteiger charge is 2.46. The first-order valence-electron chi connectivity index (χ1n) is 9.46. The zero-order chi connectivity index (χ0) is 18.3. The SMILES string of the molecule is CO[C@@H]1CCC[C@]12CCCN(C(=O)c1cc3ccccc3n(C)c1=O)C2. The minimum atomic E-state index is -0.219. The van der Waals surface area contributed by atoms with Gasteiger partial charge in [-0.05, 0) is 43.2 Å². The molecular weight excluding hydrogens is 328 g/mol. The number of fused-ring (bicyclic) bond motifs is 1. The van der Waals surface area contributed by atoms with Crippen LogP contribution in [0.5, 0.6) is 0 Å². The molecule has 1 aliphatic heterocycles. The van der Waals surface area contributed by atoms with Gasteiger partial charge in [-0.1, -0.05) is 24.6 Å². The minimum Gasteiger partial charge on any atom is -0.381 e. The molecule has 0 N–H and O–H groups in total. The first kappa shape index (κ1) is 17.3. The molecule has 1 spiro atoms. The summed E-state index contributed by atoms with van der Waals surface area (Å²) in [6.07, 6.45) is 5.61. The van der Waals surface area contributed by atoms with Crippen molar-refractivity contribution in [3.05, 3.63) is 46.2 Å². The van der Waals surface area contributed by atoms with Gasteiger partial charge < -0.3 is 14.2 Å². The Balaban J connectivity index is 1.69. The average molecular weight is 354 g/mol. The number of hydrogen-bond donors (Lipinski definition) is 0. The van der Waals surface area contributed by atoms with Crippen molar-refractivity contribution >= 4 is 16.8 Å². The van der Waals surface area contributed by atoms with Crippen molar-refractivity contribution in [3.8, 4) is 0 Å². The van der Waals surface area contributed by atoms with E-state index >= 15 is 0 Å². The Morgan fingerprint density at radius 1 is 1.23 bits per heavy atom. The van der Waals surface area contributed by atoms with Gasteiger partial charge >= 0.3 is 0 Å². The zero-order valence-corrected chi connectivity index (χ0v) is 15.5. The van der Waals surface area contributed by atoms with Crippen LogP contribution in [-0.4, -0.2) is 41.7 Å². The Bertz CT molecular complexity index is 904. The number of aromatic nitrogens is 1. The smallest absolute Gasteiger partial charge is 0.263 e. The predicted molar refractivity (Wildman–Crippen MR) is 101 cm³/mol. The number of methoxy groups -OCH3 is 1. The number of carbonyl (C=O) groups is 1. The van der Waals surface area contributed by atoms with Crippen LogP contribution in [0.2, 0.25) is 0 Å². The normalized spacial score (nSPS) is 25.9. The third-order valence-electron chi connectivity index (χ3n) is 6.37. The van der Waals surface area contributed by atoms with Crippen molar-refractivity contribution in [1.82, 2.24) is 9.47 Å². The van der Waals surface area contributed by atoms with Gasteiger partial charge in [-0.25, -0.2) is 0 Å². The number of hydrogen-bond acceptors (Lipinski definition) is 3. The van der Waals surface area contributed by atoms with E-state index in [1.54, 1.807) is 24.8 Å². The Kier molecular flexibility index (Phi) is 4.35. The number of amides is 1. The van der Waals surface area contributed by atoms with Crippen molar-refractivity contribution in [1.29, 1.82) is 0 Å². The molecule has 2 aromatic rings. The number of ether oxygens (including phenoxy) is 1. The van der Waals surface area contributed by atoms with Crippen LogP contribution in [0.25, 0.3) is 10.9 Å². The van der Waals surface area contributed by atoms with Crippen LogP contribution in [0, 0.1) is 5.41 Å². The quantitative estimate of drug-likeness (QED) is 0.833. The lowest BCUT2D eigenvalue weighted by atomic mass is 9.76. The van der Waals surface area contributed by atoms with E-state index in [1.807, 2.05) is 29.2 Å². The van der Waals surface area contributed by atoms with Crippen molar-refractivity contribution in [2.24, 2.45) is 12.5 Å². The van der Waals surface area contributed by atoms with Gasteiger partial charge in [-0.15, -0.1) is 0 Å². The van der Waals surface area contributed by atoms with Gasteiger partial charge in [0.25, 0.3) is 11.5 Å². The van der Waals surface area contributed by atoms with Crippen LogP contribution in [0.3, 0.4) is 0 Å². The van der Waals surface area contributed by atoms with Crippen LogP contribution in [0.15, 0.2) is 35.1 Å². The first-order chi connectivity index (χ1) is 12.6. The summed E-state index contributed by atoms with van der Waals surface area (Å²) in [5.41, 5.74) is 0.961. The molecule has 0 unspecified atom stereocenters. The van der Waals surface area contributed by atoms with Gasteiger partial charge in [0.1, 0.15) is 5.56 Å². The zero-order valence-electron chi connectivity index (χ0n) is 15.5. The molecule has 26 heavy (non-hydrogen) atoms. The third kappa shape index (κ3) is 2.65. The summed E-state index contributed by atoms with van der Waals surface area (Å²) in [7, 11) is 3.51. The van der Waals surface area contributed by atoms with Crippen LogP contribution >= 0.6 is 0 Å². The van der Waals surface area contributed by atoms with E-state index in [0.717, 1.165) is 43.0 Å². The van der Waals surface area contributed by atoms with Gasteiger partial charge in [0.15, 0.2) is 0 Å². The molecule has 2 fully saturated rings. The Morgan fingerprint density at radius 2 is 2.00 bits per heavy atom. The number of rotatable bonds is 2. The molecule has 1 aromatic heterocycles. The molecule has 1 aliphatic carbocycles. The first-order valence-corrected chi connectivity index (χ1v) is 9.46. The maximum absolute atomic E-state index is 13.2. The molecule has 2 atom stereocenters. The number of pyridine rings is 1. The third-order valence-corrected chi connectivity index (χ3v) is 6.37. The number of carbonyl (C=O) groups excluding carboxylic acids is 1. The summed E-state index contributed by atoms with van der Waals surface area (Å²) in [5.74, 6) is -0.141. The topological polar surface area (TPSA) is 51.5 Å². The number of aryl methyl sites for hydroxylation is 1. The molecule has 0 radical (unpaired) electrons. The van der Waals surface area contributed by atoms with Gasteiger partial charge in [-0.2, -0.15) is 0 Å². The summed E-state index contributed by atoms with van der Waals surface area (Å²) >= 11 is 0.